The zero-order valence-corrected chi connectivity index (χ0v) is 17.1. The summed E-state index contributed by atoms with van der Waals surface area (Å²) >= 11 is 1.44. The quantitative estimate of drug-likeness (QED) is 0.450. The van der Waals surface area contributed by atoms with E-state index in [0.29, 0.717) is 22.1 Å². The summed E-state index contributed by atoms with van der Waals surface area (Å²) in [5, 5.41) is 0.838. The van der Waals surface area contributed by atoms with Crippen LogP contribution in [0.5, 0.6) is 0 Å². The standard InChI is InChI=1S/C22H23F2N3OS/c1-26-12-5-4-6-16(26)11-13-29-22-25-19-8-3-2-7-17(19)21(28)27(22)20-10-9-15(23)14-18(20)24/h2-3,7-10,14,16H,4-6,11-13H2,1H3. The average Bonchev–Trinajstić information content (AvgIpc) is 2.71. The minimum Gasteiger partial charge on any atom is -0.303 e. The van der Waals surface area contributed by atoms with Crippen molar-refractivity contribution < 1.29 is 8.78 Å². The summed E-state index contributed by atoms with van der Waals surface area (Å²) in [7, 11) is 2.15. The van der Waals surface area contributed by atoms with Crippen molar-refractivity contribution in [1.82, 2.24) is 14.5 Å². The van der Waals surface area contributed by atoms with E-state index in [1.165, 1.54) is 41.7 Å². The van der Waals surface area contributed by atoms with Gasteiger partial charge in [0.2, 0.25) is 0 Å². The molecule has 4 nitrogen and oxygen atoms in total. The number of nitrogens with zero attached hydrogens (tertiary/aromatic N) is 3. The third-order valence-corrected chi connectivity index (χ3v) is 6.47. The van der Waals surface area contributed by atoms with Gasteiger partial charge in [0.05, 0.1) is 16.6 Å². The number of fused-ring (bicyclic) bond motifs is 1. The number of para-hydroxylation sites is 1. The van der Waals surface area contributed by atoms with Crippen LogP contribution in [0.1, 0.15) is 25.7 Å². The molecule has 1 aromatic heterocycles. The van der Waals surface area contributed by atoms with Crippen molar-refractivity contribution in [2.45, 2.75) is 36.9 Å². The van der Waals surface area contributed by atoms with E-state index in [-0.39, 0.29) is 11.2 Å². The highest BCUT2D eigenvalue weighted by Gasteiger charge is 2.20. The predicted molar refractivity (Wildman–Crippen MR) is 113 cm³/mol. The van der Waals surface area contributed by atoms with E-state index in [1.807, 2.05) is 6.07 Å². The first-order valence-electron chi connectivity index (χ1n) is 9.85. The molecular weight excluding hydrogens is 392 g/mol. The third kappa shape index (κ3) is 4.21. The van der Waals surface area contributed by atoms with E-state index in [2.05, 4.69) is 16.9 Å². The van der Waals surface area contributed by atoms with Crippen molar-refractivity contribution in [3.05, 3.63) is 64.5 Å². The first kappa shape index (κ1) is 20.0. The molecule has 0 bridgehead atoms. The fourth-order valence-corrected chi connectivity index (χ4v) is 4.93. The molecule has 1 aliphatic heterocycles. The number of halogens is 2. The summed E-state index contributed by atoms with van der Waals surface area (Å²) < 4.78 is 29.2. The highest BCUT2D eigenvalue weighted by molar-refractivity contribution is 7.99. The Morgan fingerprint density at radius 2 is 2.00 bits per heavy atom. The van der Waals surface area contributed by atoms with E-state index in [0.717, 1.165) is 30.9 Å². The Morgan fingerprint density at radius 3 is 2.79 bits per heavy atom. The van der Waals surface area contributed by atoms with E-state index in [1.54, 1.807) is 18.2 Å². The van der Waals surface area contributed by atoms with Gasteiger partial charge in [-0.15, -0.1) is 0 Å². The van der Waals surface area contributed by atoms with Gasteiger partial charge in [-0.05, 0) is 57.1 Å². The normalized spacial score (nSPS) is 17.7. The maximum absolute atomic E-state index is 14.5. The van der Waals surface area contributed by atoms with Gasteiger partial charge in [0, 0.05) is 17.9 Å². The second-order valence-corrected chi connectivity index (χ2v) is 8.48. The Bertz CT molecular complexity index is 1090. The van der Waals surface area contributed by atoms with Gasteiger partial charge in [0.1, 0.15) is 11.6 Å². The number of hydrogen-bond acceptors (Lipinski definition) is 4. The van der Waals surface area contributed by atoms with Crippen LogP contribution in [0.2, 0.25) is 0 Å². The smallest absolute Gasteiger partial charge is 0.266 e. The second-order valence-electron chi connectivity index (χ2n) is 7.42. The van der Waals surface area contributed by atoms with E-state index < -0.39 is 11.6 Å². The van der Waals surface area contributed by atoms with Crippen molar-refractivity contribution in [3.8, 4) is 5.69 Å². The highest BCUT2D eigenvalue weighted by atomic mass is 32.2. The molecule has 4 rings (SSSR count). The average molecular weight is 416 g/mol. The molecule has 1 aliphatic rings. The third-order valence-electron chi connectivity index (χ3n) is 5.50. The number of aromatic nitrogens is 2. The summed E-state index contributed by atoms with van der Waals surface area (Å²) in [6, 6.07) is 10.8. The van der Waals surface area contributed by atoms with Crippen LogP contribution in [-0.4, -0.2) is 39.8 Å². The van der Waals surface area contributed by atoms with Crippen molar-refractivity contribution in [2.75, 3.05) is 19.3 Å². The van der Waals surface area contributed by atoms with Crippen LogP contribution >= 0.6 is 11.8 Å². The summed E-state index contributed by atoms with van der Waals surface area (Å²) in [5.74, 6) is -0.691. The first-order valence-corrected chi connectivity index (χ1v) is 10.8. The number of rotatable bonds is 5. The number of hydrogen-bond donors (Lipinski definition) is 0. The van der Waals surface area contributed by atoms with Gasteiger partial charge >= 0.3 is 0 Å². The molecule has 0 spiro atoms. The molecule has 0 radical (unpaired) electrons. The first-order chi connectivity index (χ1) is 14.0. The van der Waals surface area contributed by atoms with Crippen LogP contribution in [0, 0.1) is 11.6 Å². The number of likely N-dealkylation sites (tertiary alicyclic amines) is 1. The summed E-state index contributed by atoms with van der Waals surface area (Å²) in [5.41, 5.74) is 0.249. The SMILES string of the molecule is CN1CCCCC1CCSc1nc2ccccc2c(=O)n1-c1ccc(F)cc1F. The molecule has 2 aromatic carbocycles. The second kappa shape index (κ2) is 8.63. The molecule has 1 atom stereocenters. The van der Waals surface area contributed by atoms with Crippen molar-refractivity contribution >= 4 is 22.7 Å². The van der Waals surface area contributed by atoms with Gasteiger partial charge < -0.3 is 4.90 Å². The topological polar surface area (TPSA) is 38.1 Å². The van der Waals surface area contributed by atoms with Crippen molar-refractivity contribution in [2.24, 2.45) is 0 Å². The fourth-order valence-electron chi connectivity index (χ4n) is 3.88. The van der Waals surface area contributed by atoms with Gasteiger partial charge in [0.15, 0.2) is 5.16 Å². The molecule has 0 amide bonds. The zero-order valence-electron chi connectivity index (χ0n) is 16.3. The van der Waals surface area contributed by atoms with E-state index in [4.69, 9.17) is 0 Å². The molecule has 1 fully saturated rings. The molecule has 1 unspecified atom stereocenters. The van der Waals surface area contributed by atoms with E-state index in [9.17, 15) is 13.6 Å². The van der Waals surface area contributed by atoms with Gasteiger partial charge in [0.25, 0.3) is 5.56 Å². The van der Waals surface area contributed by atoms with Crippen LogP contribution < -0.4 is 5.56 Å². The largest absolute Gasteiger partial charge is 0.303 e. The number of piperidine rings is 1. The lowest BCUT2D eigenvalue weighted by Gasteiger charge is -2.32. The molecule has 2 heterocycles. The van der Waals surface area contributed by atoms with Crippen molar-refractivity contribution in [1.29, 1.82) is 0 Å². The Kier molecular flexibility index (Phi) is 5.96. The fraction of sp³-hybridized carbons (Fsp3) is 0.364. The van der Waals surface area contributed by atoms with Crippen LogP contribution in [-0.2, 0) is 0 Å². The number of benzene rings is 2. The summed E-state index contributed by atoms with van der Waals surface area (Å²) in [6.45, 7) is 1.11. The number of thioether (sulfide) groups is 1. The van der Waals surface area contributed by atoms with Gasteiger partial charge in [-0.25, -0.2) is 13.8 Å². The van der Waals surface area contributed by atoms with Crippen LogP contribution in [0.4, 0.5) is 8.78 Å². The van der Waals surface area contributed by atoms with E-state index >= 15 is 0 Å². The maximum Gasteiger partial charge on any atom is 0.266 e. The minimum absolute atomic E-state index is 0.0203. The monoisotopic (exact) mass is 415 g/mol. The van der Waals surface area contributed by atoms with Gasteiger partial charge in [-0.3, -0.25) is 9.36 Å². The Balaban J connectivity index is 1.70. The lowest BCUT2D eigenvalue weighted by atomic mass is 10.0. The molecule has 0 N–H and O–H groups in total. The molecule has 1 saturated heterocycles. The van der Waals surface area contributed by atoms with Crippen LogP contribution in [0.15, 0.2) is 52.4 Å². The molecule has 152 valence electrons. The maximum atomic E-state index is 14.5. The zero-order chi connectivity index (χ0) is 20.4. The van der Waals surface area contributed by atoms with Gasteiger partial charge in [-0.1, -0.05) is 30.3 Å². The molecular formula is C22H23F2N3OS. The Hall–Kier alpha value is -2.25. The molecule has 7 heteroatoms. The Morgan fingerprint density at radius 1 is 1.17 bits per heavy atom. The molecule has 0 aliphatic carbocycles. The predicted octanol–water partition coefficient (Wildman–Crippen LogP) is 4.63. The highest BCUT2D eigenvalue weighted by Crippen LogP contribution is 2.26. The molecule has 3 aromatic rings. The summed E-state index contributed by atoms with van der Waals surface area (Å²) in [4.78, 5) is 20.2. The molecule has 29 heavy (non-hydrogen) atoms. The summed E-state index contributed by atoms with van der Waals surface area (Å²) in [6.07, 6.45) is 4.60. The van der Waals surface area contributed by atoms with Crippen LogP contribution in [0.3, 0.4) is 0 Å². The molecule has 0 saturated carbocycles. The minimum atomic E-state index is -0.780. The lowest BCUT2D eigenvalue weighted by molar-refractivity contribution is 0.182. The van der Waals surface area contributed by atoms with Crippen molar-refractivity contribution in [3.63, 3.8) is 0 Å². The lowest BCUT2D eigenvalue weighted by Crippen LogP contribution is -2.36. The Labute approximate surface area is 172 Å². The van der Waals surface area contributed by atoms with Gasteiger partial charge in [-0.2, -0.15) is 0 Å². The van der Waals surface area contributed by atoms with Crippen LogP contribution in [0.25, 0.3) is 16.6 Å².